The highest BCUT2D eigenvalue weighted by Crippen LogP contribution is 2.14. The number of carboxylic acid groups (broad SMARTS) is 1. The third-order valence-corrected chi connectivity index (χ3v) is 3.60. The first kappa shape index (κ1) is 17.4. The van der Waals surface area contributed by atoms with Crippen LogP contribution in [0.15, 0.2) is 0 Å². The highest BCUT2D eigenvalue weighted by Gasteiger charge is 2.33. The van der Waals surface area contributed by atoms with Gasteiger partial charge in [-0.2, -0.15) is 0 Å². The van der Waals surface area contributed by atoms with Gasteiger partial charge in [-0.25, -0.2) is 0 Å². The Labute approximate surface area is 112 Å². The molecule has 0 aromatic rings. The van der Waals surface area contributed by atoms with Crippen molar-refractivity contribution in [3.05, 3.63) is 0 Å². The molecule has 0 aliphatic carbocycles. The average Bonchev–Trinajstić information content (AvgIpc) is 2.28. The van der Waals surface area contributed by atoms with E-state index in [9.17, 15) is 9.90 Å². The van der Waals surface area contributed by atoms with Crippen molar-refractivity contribution in [1.29, 1.82) is 0 Å². The number of aliphatic carboxylic acids is 1. The van der Waals surface area contributed by atoms with Crippen LogP contribution in [0.4, 0.5) is 0 Å². The van der Waals surface area contributed by atoms with Crippen molar-refractivity contribution in [1.82, 2.24) is 10.2 Å². The molecule has 0 aliphatic heterocycles. The molecule has 0 saturated carbocycles. The molecule has 2 atom stereocenters. The molecule has 0 aromatic heterocycles. The molecule has 0 amide bonds. The minimum absolute atomic E-state index is 0.171. The first-order valence-electron chi connectivity index (χ1n) is 7.02. The van der Waals surface area contributed by atoms with Gasteiger partial charge in [0.05, 0.1) is 0 Å². The van der Waals surface area contributed by atoms with E-state index in [2.05, 4.69) is 31.0 Å². The first-order chi connectivity index (χ1) is 8.26. The molecule has 0 radical (unpaired) electrons. The van der Waals surface area contributed by atoms with Gasteiger partial charge < -0.3 is 10.0 Å². The van der Waals surface area contributed by atoms with Gasteiger partial charge in [0.2, 0.25) is 0 Å². The summed E-state index contributed by atoms with van der Waals surface area (Å²) >= 11 is 0. The molecular formula is C14H30N2O2. The number of carbonyl (C=O) groups is 1. The van der Waals surface area contributed by atoms with Crippen LogP contribution in [0.2, 0.25) is 0 Å². The Bertz CT molecular complexity index is 256. The molecular weight excluding hydrogens is 228 g/mol. The fraction of sp³-hybridized carbons (Fsp3) is 0.929. The lowest BCUT2D eigenvalue weighted by atomic mass is 9.96. The highest BCUT2D eigenvalue weighted by atomic mass is 16.4. The van der Waals surface area contributed by atoms with Gasteiger partial charge >= 0.3 is 5.97 Å². The molecule has 0 aliphatic rings. The third kappa shape index (κ3) is 5.36. The minimum atomic E-state index is -0.838. The van der Waals surface area contributed by atoms with Crippen molar-refractivity contribution in [3.63, 3.8) is 0 Å². The lowest BCUT2D eigenvalue weighted by molar-refractivity contribution is -0.145. The molecule has 0 aromatic carbocycles. The molecule has 108 valence electrons. The van der Waals surface area contributed by atoms with Gasteiger partial charge in [-0.15, -0.1) is 0 Å². The fourth-order valence-electron chi connectivity index (χ4n) is 2.19. The number of rotatable bonds is 9. The van der Waals surface area contributed by atoms with Crippen LogP contribution in [0.25, 0.3) is 0 Å². The van der Waals surface area contributed by atoms with E-state index in [-0.39, 0.29) is 6.04 Å². The monoisotopic (exact) mass is 258 g/mol. The molecule has 0 fully saturated rings. The van der Waals surface area contributed by atoms with Crippen molar-refractivity contribution in [2.45, 2.75) is 72.0 Å². The largest absolute Gasteiger partial charge is 0.480 e. The maximum atomic E-state index is 11.4. The van der Waals surface area contributed by atoms with E-state index in [0.29, 0.717) is 12.5 Å². The maximum Gasteiger partial charge on any atom is 0.323 e. The van der Waals surface area contributed by atoms with Crippen LogP contribution in [0.5, 0.6) is 0 Å². The maximum absolute atomic E-state index is 11.4. The summed E-state index contributed by atoms with van der Waals surface area (Å²) in [6, 6.07) is 0.678. The van der Waals surface area contributed by atoms with E-state index >= 15 is 0 Å². The van der Waals surface area contributed by atoms with Crippen LogP contribution in [0.1, 0.15) is 54.4 Å². The molecule has 0 heterocycles. The predicted octanol–water partition coefficient (Wildman–Crippen LogP) is 2.34. The van der Waals surface area contributed by atoms with Crippen LogP contribution in [-0.2, 0) is 4.79 Å². The second-order valence-electron chi connectivity index (χ2n) is 5.57. The Balaban J connectivity index is 4.55. The predicted molar refractivity (Wildman–Crippen MR) is 75.9 cm³/mol. The summed E-state index contributed by atoms with van der Waals surface area (Å²) in [5.41, 5.74) is -0.838. The number of nitrogens with one attached hydrogen (secondary N) is 1. The summed E-state index contributed by atoms with van der Waals surface area (Å²) < 4.78 is 0. The smallest absolute Gasteiger partial charge is 0.323 e. The Morgan fingerprint density at radius 1 is 1.33 bits per heavy atom. The lowest BCUT2D eigenvalue weighted by Gasteiger charge is -2.33. The highest BCUT2D eigenvalue weighted by molar-refractivity contribution is 5.78. The van der Waals surface area contributed by atoms with Crippen molar-refractivity contribution in [3.8, 4) is 0 Å². The van der Waals surface area contributed by atoms with Crippen LogP contribution in [0, 0.1) is 0 Å². The standard InChI is InChI=1S/C14H30N2O2/c1-7-12(5)16(8-2)10-9-14(6,13(17)18)15-11(3)4/h11-12,15H,7-10H2,1-6H3,(H,17,18). The van der Waals surface area contributed by atoms with E-state index < -0.39 is 11.5 Å². The van der Waals surface area contributed by atoms with Gasteiger partial charge in [-0.1, -0.05) is 13.8 Å². The SMILES string of the molecule is CCC(C)N(CC)CCC(C)(NC(C)C)C(=O)O. The lowest BCUT2D eigenvalue weighted by Crippen LogP contribution is -2.54. The summed E-state index contributed by atoms with van der Waals surface area (Å²) in [4.78, 5) is 13.8. The van der Waals surface area contributed by atoms with Gasteiger partial charge in [0.15, 0.2) is 0 Å². The van der Waals surface area contributed by atoms with Crippen LogP contribution >= 0.6 is 0 Å². The molecule has 0 bridgehead atoms. The summed E-state index contributed by atoms with van der Waals surface area (Å²) in [5, 5.41) is 12.5. The molecule has 0 spiro atoms. The average molecular weight is 258 g/mol. The summed E-state index contributed by atoms with van der Waals surface area (Å²) in [5.74, 6) is -0.767. The number of hydrogen-bond acceptors (Lipinski definition) is 3. The van der Waals surface area contributed by atoms with Crippen LogP contribution in [-0.4, -0.2) is 46.7 Å². The zero-order valence-corrected chi connectivity index (χ0v) is 12.8. The van der Waals surface area contributed by atoms with Crippen LogP contribution < -0.4 is 5.32 Å². The van der Waals surface area contributed by atoms with E-state index in [1.165, 1.54) is 0 Å². The summed E-state index contributed by atoms with van der Waals surface area (Å²) in [6.07, 6.45) is 1.72. The zero-order chi connectivity index (χ0) is 14.3. The van der Waals surface area contributed by atoms with Gasteiger partial charge in [0, 0.05) is 18.6 Å². The van der Waals surface area contributed by atoms with E-state index in [0.717, 1.165) is 19.5 Å². The number of hydrogen-bond donors (Lipinski definition) is 2. The molecule has 2 unspecified atom stereocenters. The van der Waals surface area contributed by atoms with Gasteiger partial charge in [0.25, 0.3) is 0 Å². The van der Waals surface area contributed by atoms with Gasteiger partial charge in [-0.3, -0.25) is 10.1 Å². The molecule has 4 nitrogen and oxygen atoms in total. The van der Waals surface area contributed by atoms with Crippen LogP contribution in [0.3, 0.4) is 0 Å². The van der Waals surface area contributed by atoms with Crippen molar-refractivity contribution in [2.24, 2.45) is 0 Å². The normalized spacial score (nSPS) is 16.9. The Morgan fingerprint density at radius 2 is 1.89 bits per heavy atom. The Morgan fingerprint density at radius 3 is 2.22 bits per heavy atom. The molecule has 0 rings (SSSR count). The molecule has 18 heavy (non-hydrogen) atoms. The molecule has 2 N–H and O–H groups in total. The van der Waals surface area contributed by atoms with E-state index in [1.54, 1.807) is 6.92 Å². The number of carboxylic acids is 1. The van der Waals surface area contributed by atoms with Crippen molar-refractivity contribution in [2.75, 3.05) is 13.1 Å². The van der Waals surface area contributed by atoms with Crippen molar-refractivity contribution < 1.29 is 9.90 Å². The second kappa shape index (κ2) is 7.74. The van der Waals surface area contributed by atoms with Gasteiger partial charge in [-0.05, 0) is 47.1 Å². The quantitative estimate of drug-likeness (QED) is 0.666. The summed E-state index contributed by atoms with van der Waals surface area (Å²) in [6.45, 7) is 14.0. The minimum Gasteiger partial charge on any atom is -0.480 e. The number of nitrogens with zero attached hydrogens (tertiary/aromatic N) is 1. The van der Waals surface area contributed by atoms with Crippen molar-refractivity contribution >= 4 is 5.97 Å². The Hall–Kier alpha value is -0.610. The Kier molecular flexibility index (Phi) is 7.48. The fourth-order valence-corrected chi connectivity index (χ4v) is 2.19. The molecule has 4 heteroatoms. The second-order valence-corrected chi connectivity index (χ2v) is 5.57. The van der Waals surface area contributed by atoms with Gasteiger partial charge in [0.1, 0.15) is 5.54 Å². The van der Waals surface area contributed by atoms with E-state index in [4.69, 9.17) is 0 Å². The zero-order valence-electron chi connectivity index (χ0n) is 12.8. The molecule has 0 saturated heterocycles. The van der Waals surface area contributed by atoms with E-state index in [1.807, 2.05) is 13.8 Å². The topological polar surface area (TPSA) is 52.6 Å². The summed E-state index contributed by atoms with van der Waals surface area (Å²) in [7, 11) is 0. The first-order valence-corrected chi connectivity index (χ1v) is 7.02. The third-order valence-electron chi connectivity index (χ3n) is 3.60.